The molecule has 156 valence electrons. The summed E-state index contributed by atoms with van der Waals surface area (Å²) >= 11 is 6.21. The number of fused-ring (bicyclic) bond motifs is 1. The second-order valence-corrected chi connectivity index (χ2v) is 7.94. The summed E-state index contributed by atoms with van der Waals surface area (Å²) < 4.78 is 1.68. The fraction of sp³-hybridized carbons (Fsp3) is 0.0385. The summed E-state index contributed by atoms with van der Waals surface area (Å²) in [5.74, 6) is 0.242. The van der Waals surface area contributed by atoms with Crippen LogP contribution >= 0.6 is 11.6 Å². The van der Waals surface area contributed by atoms with Crippen molar-refractivity contribution in [2.75, 3.05) is 5.32 Å². The van der Waals surface area contributed by atoms with E-state index >= 15 is 0 Å². The number of rotatable bonds is 4. The van der Waals surface area contributed by atoms with Gasteiger partial charge in [0.15, 0.2) is 5.82 Å². The van der Waals surface area contributed by atoms with Crippen LogP contribution in [0.5, 0.6) is 0 Å². The van der Waals surface area contributed by atoms with E-state index < -0.39 is 0 Å². The van der Waals surface area contributed by atoms with Gasteiger partial charge >= 0.3 is 0 Å². The van der Waals surface area contributed by atoms with Gasteiger partial charge in [-0.2, -0.15) is 0 Å². The molecule has 1 aromatic heterocycles. The van der Waals surface area contributed by atoms with Crippen LogP contribution in [0.25, 0.3) is 27.8 Å². The van der Waals surface area contributed by atoms with Crippen molar-refractivity contribution in [1.82, 2.24) is 14.8 Å². The standard InChI is InChI=1S/C26H19ClN4O/c1-17-7-4-12-21(15-17)31-25(19-10-5-11-20(27)16-19)29-24(30-31)26(32)28-23-14-6-9-18-8-2-3-13-22(18)23/h2-16H,1H3,(H,28,32). The summed E-state index contributed by atoms with van der Waals surface area (Å²) in [7, 11) is 0. The molecule has 0 saturated heterocycles. The minimum Gasteiger partial charge on any atom is -0.319 e. The number of amides is 1. The smallest absolute Gasteiger partial charge is 0.295 e. The molecule has 0 unspecified atom stereocenters. The number of benzene rings is 4. The molecule has 1 N–H and O–H groups in total. The Balaban J connectivity index is 1.58. The molecule has 32 heavy (non-hydrogen) atoms. The number of anilines is 1. The molecule has 0 fully saturated rings. The molecule has 5 nitrogen and oxygen atoms in total. The Hall–Kier alpha value is -3.96. The molecule has 0 spiro atoms. The maximum Gasteiger partial charge on any atom is 0.295 e. The zero-order chi connectivity index (χ0) is 22.1. The number of carbonyl (C=O) groups excluding carboxylic acids is 1. The van der Waals surface area contributed by atoms with Crippen LogP contribution in [0.3, 0.4) is 0 Å². The van der Waals surface area contributed by atoms with E-state index in [9.17, 15) is 4.79 Å². The minimum absolute atomic E-state index is 0.0782. The monoisotopic (exact) mass is 438 g/mol. The van der Waals surface area contributed by atoms with Crippen LogP contribution in [-0.2, 0) is 0 Å². The molecule has 1 heterocycles. The maximum atomic E-state index is 13.1. The largest absolute Gasteiger partial charge is 0.319 e. The first-order valence-corrected chi connectivity index (χ1v) is 10.6. The third-order valence-corrected chi connectivity index (χ3v) is 5.41. The second kappa shape index (κ2) is 8.29. The maximum absolute atomic E-state index is 13.1. The van der Waals surface area contributed by atoms with Crippen molar-refractivity contribution in [2.45, 2.75) is 6.92 Å². The lowest BCUT2D eigenvalue weighted by Gasteiger charge is -2.07. The number of hydrogen-bond acceptors (Lipinski definition) is 3. The zero-order valence-electron chi connectivity index (χ0n) is 17.3. The summed E-state index contributed by atoms with van der Waals surface area (Å²) in [6, 6.07) is 28.9. The van der Waals surface area contributed by atoms with Gasteiger partial charge in [0.1, 0.15) is 0 Å². The quantitative estimate of drug-likeness (QED) is 0.358. The second-order valence-electron chi connectivity index (χ2n) is 7.50. The average molecular weight is 439 g/mol. The lowest BCUT2D eigenvalue weighted by molar-refractivity contribution is 0.101. The van der Waals surface area contributed by atoms with E-state index in [1.807, 2.05) is 91.9 Å². The molecule has 0 radical (unpaired) electrons. The van der Waals surface area contributed by atoms with Crippen LogP contribution in [0, 0.1) is 6.92 Å². The molecule has 5 aromatic rings. The Labute approximate surface area is 190 Å². The highest BCUT2D eigenvalue weighted by molar-refractivity contribution is 6.30. The summed E-state index contributed by atoms with van der Waals surface area (Å²) in [5, 5.41) is 10.1. The van der Waals surface area contributed by atoms with Crippen molar-refractivity contribution in [3.63, 3.8) is 0 Å². The molecule has 4 aromatic carbocycles. The van der Waals surface area contributed by atoms with E-state index in [0.29, 0.717) is 16.5 Å². The predicted molar refractivity (Wildman–Crippen MR) is 128 cm³/mol. The van der Waals surface area contributed by atoms with Crippen LogP contribution in [0.1, 0.15) is 16.2 Å². The Bertz CT molecular complexity index is 1390. The molecule has 0 aliphatic heterocycles. The van der Waals surface area contributed by atoms with Crippen molar-refractivity contribution in [2.24, 2.45) is 0 Å². The third-order valence-electron chi connectivity index (χ3n) is 5.18. The number of halogens is 1. The number of aromatic nitrogens is 3. The van der Waals surface area contributed by atoms with Gasteiger partial charge in [-0.15, -0.1) is 5.10 Å². The van der Waals surface area contributed by atoms with Gasteiger partial charge < -0.3 is 5.32 Å². The average Bonchev–Trinajstić information content (AvgIpc) is 3.25. The topological polar surface area (TPSA) is 59.8 Å². The SMILES string of the molecule is Cc1cccc(-n2nc(C(=O)Nc3cccc4ccccc34)nc2-c2cccc(Cl)c2)c1. The molecule has 5 rings (SSSR count). The van der Waals surface area contributed by atoms with Crippen molar-refractivity contribution in [1.29, 1.82) is 0 Å². The molecular weight excluding hydrogens is 420 g/mol. The summed E-state index contributed by atoms with van der Waals surface area (Å²) in [6.45, 7) is 2.01. The molecule has 0 aliphatic rings. The summed E-state index contributed by atoms with van der Waals surface area (Å²) in [4.78, 5) is 17.7. The molecule has 1 amide bonds. The first kappa shape index (κ1) is 20.0. The van der Waals surface area contributed by atoms with Gasteiger partial charge in [0, 0.05) is 21.7 Å². The van der Waals surface area contributed by atoms with Crippen molar-refractivity contribution in [3.8, 4) is 17.1 Å². The number of carbonyl (C=O) groups is 1. The van der Waals surface area contributed by atoms with Gasteiger partial charge in [-0.1, -0.05) is 72.3 Å². The molecule has 0 atom stereocenters. The lowest BCUT2D eigenvalue weighted by Crippen LogP contribution is -2.14. The minimum atomic E-state index is -0.379. The molecular formula is C26H19ClN4O. The predicted octanol–water partition coefficient (Wildman–Crippen LogP) is 6.30. The molecule has 0 aliphatic carbocycles. The number of nitrogens with one attached hydrogen (secondary N) is 1. The molecule has 0 saturated carbocycles. The van der Waals surface area contributed by atoms with E-state index in [0.717, 1.165) is 27.6 Å². The number of hydrogen-bond donors (Lipinski definition) is 1. The first-order chi connectivity index (χ1) is 15.6. The number of nitrogens with zero attached hydrogens (tertiary/aromatic N) is 3. The van der Waals surface area contributed by atoms with Gasteiger partial charge in [0.05, 0.1) is 5.69 Å². The summed E-state index contributed by atoms with van der Waals surface area (Å²) in [6.07, 6.45) is 0. The van der Waals surface area contributed by atoms with Gasteiger partial charge in [-0.25, -0.2) is 9.67 Å². The molecule has 6 heteroatoms. The molecule has 0 bridgehead atoms. The third kappa shape index (κ3) is 3.86. The Morgan fingerprint density at radius 3 is 2.53 bits per heavy atom. The van der Waals surface area contributed by atoms with Gasteiger partial charge in [-0.05, 0) is 48.2 Å². The van der Waals surface area contributed by atoms with Crippen LogP contribution in [0.2, 0.25) is 5.02 Å². The van der Waals surface area contributed by atoms with Gasteiger partial charge in [0.2, 0.25) is 5.82 Å². The van der Waals surface area contributed by atoms with E-state index in [-0.39, 0.29) is 11.7 Å². The first-order valence-electron chi connectivity index (χ1n) is 10.2. The van der Waals surface area contributed by atoms with E-state index in [2.05, 4.69) is 15.4 Å². The van der Waals surface area contributed by atoms with E-state index in [1.54, 1.807) is 10.7 Å². The Kier molecular flexibility index (Phi) is 5.17. The van der Waals surface area contributed by atoms with Crippen molar-refractivity contribution < 1.29 is 4.79 Å². The fourth-order valence-corrected chi connectivity index (χ4v) is 3.87. The van der Waals surface area contributed by atoms with Crippen molar-refractivity contribution >= 4 is 34.0 Å². The van der Waals surface area contributed by atoms with Crippen LogP contribution in [0.4, 0.5) is 5.69 Å². The van der Waals surface area contributed by atoms with Crippen LogP contribution < -0.4 is 5.32 Å². The highest BCUT2D eigenvalue weighted by Gasteiger charge is 2.20. The highest BCUT2D eigenvalue weighted by Crippen LogP contribution is 2.26. The summed E-state index contributed by atoms with van der Waals surface area (Å²) in [5.41, 5.74) is 3.38. The van der Waals surface area contributed by atoms with E-state index in [4.69, 9.17) is 11.6 Å². The zero-order valence-corrected chi connectivity index (χ0v) is 18.0. The lowest BCUT2D eigenvalue weighted by atomic mass is 10.1. The Morgan fingerprint density at radius 1 is 0.906 bits per heavy atom. The van der Waals surface area contributed by atoms with Crippen molar-refractivity contribution in [3.05, 3.63) is 107 Å². The number of aryl methyl sites for hydroxylation is 1. The van der Waals surface area contributed by atoms with Gasteiger partial charge in [0.25, 0.3) is 5.91 Å². The van der Waals surface area contributed by atoms with E-state index in [1.165, 1.54) is 0 Å². The van der Waals surface area contributed by atoms with Crippen LogP contribution in [0.15, 0.2) is 91.0 Å². The van der Waals surface area contributed by atoms with Gasteiger partial charge in [-0.3, -0.25) is 4.79 Å². The normalized spacial score (nSPS) is 10.9. The Morgan fingerprint density at radius 2 is 1.69 bits per heavy atom. The fourth-order valence-electron chi connectivity index (χ4n) is 3.68. The highest BCUT2D eigenvalue weighted by atomic mass is 35.5. The van der Waals surface area contributed by atoms with Crippen LogP contribution in [-0.4, -0.2) is 20.7 Å².